The smallest absolute Gasteiger partial charge is 0.260 e. The Labute approximate surface area is 186 Å². The van der Waals surface area contributed by atoms with Crippen LogP contribution in [0.25, 0.3) is 10.2 Å². The van der Waals surface area contributed by atoms with Gasteiger partial charge in [0.05, 0.1) is 23.4 Å². The lowest BCUT2D eigenvalue weighted by molar-refractivity contribution is 0.0376. The first kappa shape index (κ1) is 21.2. The Morgan fingerprint density at radius 3 is 2.80 bits per heavy atom. The second-order valence-corrected chi connectivity index (χ2v) is 9.12. The standard InChI is InChI=1S/C23H26ClN3O2S/c1-16-13-17(2)21-20(14-16)25-23(30-21)27(8-4-7-26-9-11-29-12-10-26)22(28)18-5-3-6-19(24)15-18/h3,5-6,13-15H,4,7-12H2,1-2H3. The molecule has 0 unspecified atom stereocenters. The van der Waals surface area contributed by atoms with Crippen molar-refractivity contribution in [2.45, 2.75) is 20.3 Å². The monoisotopic (exact) mass is 443 g/mol. The number of carbonyl (C=O) groups excluding carboxylic acids is 1. The molecule has 30 heavy (non-hydrogen) atoms. The van der Waals surface area contributed by atoms with Crippen LogP contribution in [0.15, 0.2) is 36.4 Å². The van der Waals surface area contributed by atoms with Crippen molar-refractivity contribution in [1.82, 2.24) is 9.88 Å². The van der Waals surface area contributed by atoms with Crippen molar-refractivity contribution in [3.05, 3.63) is 58.1 Å². The number of benzene rings is 2. The summed E-state index contributed by atoms with van der Waals surface area (Å²) in [6.45, 7) is 9.17. The fourth-order valence-electron chi connectivity index (χ4n) is 3.82. The number of rotatable bonds is 6. The first-order valence-electron chi connectivity index (χ1n) is 10.3. The highest BCUT2D eigenvalue weighted by Gasteiger charge is 2.22. The van der Waals surface area contributed by atoms with Crippen molar-refractivity contribution < 1.29 is 9.53 Å². The molecule has 0 radical (unpaired) electrons. The lowest BCUT2D eigenvalue weighted by atomic mass is 10.1. The molecule has 2 heterocycles. The van der Waals surface area contributed by atoms with Crippen LogP contribution in [-0.2, 0) is 4.74 Å². The fourth-order valence-corrected chi connectivity index (χ4v) is 5.05. The predicted octanol–water partition coefficient (Wildman–Crippen LogP) is 4.94. The van der Waals surface area contributed by atoms with Crippen LogP contribution in [0.2, 0.25) is 5.02 Å². The first-order valence-corrected chi connectivity index (χ1v) is 11.5. The van der Waals surface area contributed by atoms with Gasteiger partial charge in [0.15, 0.2) is 5.13 Å². The summed E-state index contributed by atoms with van der Waals surface area (Å²) in [7, 11) is 0. The van der Waals surface area contributed by atoms with Gasteiger partial charge in [-0.15, -0.1) is 0 Å². The van der Waals surface area contributed by atoms with E-state index in [1.165, 1.54) is 11.1 Å². The highest BCUT2D eigenvalue weighted by molar-refractivity contribution is 7.22. The Morgan fingerprint density at radius 1 is 1.23 bits per heavy atom. The zero-order valence-corrected chi connectivity index (χ0v) is 18.9. The topological polar surface area (TPSA) is 45.7 Å². The maximum atomic E-state index is 13.4. The van der Waals surface area contributed by atoms with E-state index in [-0.39, 0.29) is 5.91 Å². The molecular formula is C23H26ClN3O2S. The van der Waals surface area contributed by atoms with Crippen LogP contribution < -0.4 is 4.90 Å². The van der Waals surface area contributed by atoms with Gasteiger partial charge in [0.2, 0.25) is 0 Å². The number of carbonyl (C=O) groups is 1. The Balaban J connectivity index is 1.60. The number of thiazole rings is 1. The number of ether oxygens (including phenoxy) is 1. The van der Waals surface area contributed by atoms with Crippen molar-refractivity contribution >= 4 is 44.2 Å². The molecule has 1 fully saturated rings. The van der Waals surface area contributed by atoms with E-state index in [0.717, 1.165) is 54.6 Å². The van der Waals surface area contributed by atoms with Crippen molar-refractivity contribution in [3.8, 4) is 0 Å². The number of aromatic nitrogens is 1. The van der Waals surface area contributed by atoms with Gasteiger partial charge >= 0.3 is 0 Å². The lowest BCUT2D eigenvalue weighted by Gasteiger charge is -2.27. The molecule has 1 saturated heterocycles. The highest BCUT2D eigenvalue weighted by atomic mass is 35.5. The maximum absolute atomic E-state index is 13.4. The van der Waals surface area contributed by atoms with Crippen LogP contribution in [0.4, 0.5) is 5.13 Å². The molecule has 0 N–H and O–H groups in total. The third-order valence-corrected chi connectivity index (χ3v) is 6.78. The number of morpholine rings is 1. The minimum atomic E-state index is -0.0621. The summed E-state index contributed by atoms with van der Waals surface area (Å²) in [5.41, 5.74) is 3.90. The number of nitrogens with zero attached hydrogens (tertiary/aromatic N) is 3. The van der Waals surface area contributed by atoms with Gasteiger partial charge in [0, 0.05) is 36.8 Å². The third-order valence-electron chi connectivity index (χ3n) is 5.32. The normalized spacial score (nSPS) is 14.9. The molecular weight excluding hydrogens is 418 g/mol. The van der Waals surface area contributed by atoms with Gasteiger partial charge in [-0.25, -0.2) is 4.98 Å². The third kappa shape index (κ3) is 4.83. The fraction of sp³-hybridized carbons (Fsp3) is 0.391. The number of anilines is 1. The van der Waals surface area contributed by atoms with Gasteiger partial charge in [-0.1, -0.05) is 35.1 Å². The molecule has 0 aliphatic carbocycles. The van der Waals surface area contributed by atoms with Crippen LogP contribution in [0.5, 0.6) is 0 Å². The summed E-state index contributed by atoms with van der Waals surface area (Å²) < 4.78 is 6.56. The average Bonchev–Trinajstić information content (AvgIpc) is 3.15. The van der Waals surface area contributed by atoms with Crippen molar-refractivity contribution in [2.75, 3.05) is 44.3 Å². The second-order valence-electron chi connectivity index (χ2n) is 7.70. The molecule has 7 heteroatoms. The molecule has 0 saturated carbocycles. The van der Waals surface area contributed by atoms with Crippen LogP contribution in [0, 0.1) is 13.8 Å². The first-order chi connectivity index (χ1) is 14.5. The summed E-state index contributed by atoms with van der Waals surface area (Å²) in [5, 5.41) is 1.30. The van der Waals surface area contributed by atoms with Crippen molar-refractivity contribution in [1.29, 1.82) is 0 Å². The van der Waals surface area contributed by atoms with Crippen molar-refractivity contribution in [2.24, 2.45) is 0 Å². The molecule has 1 amide bonds. The van der Waals surface area contributed by atoms with E-state index in [1.807, 2.05) is 17.0 Å². The summed E-state index contributed by atoms with van der Waals surface area (Å²) in [4.78, 5) is 22.4. The van der Waals surface area contributed by atoms with E-state index in [0.29, 0.717) is 17.1 Å². The molecule has 1 aromatic heterocycles. The molecule has 0 spiro atoms. The van der Waals surface area contributed by atoms with Gasteiger partial charge in [-0.2, -0.15) is 0 Å². The maximum Gasteiger partial charge on any atom is 0.260 e. The molecule has 3 aromatic rings. The largest absolute Gasteiger partial charge is 0.379 e. The number of halogens is 1. The molecule has 2 aromatic carbocycles. The van der Waals surface area contributed by atoms with Crippen LogP contribution >= 0.6 is 22.9 Å². The van der Waals surface area contributed by atoms with E-state index >= 15 is 0 Å². The number of fused-ring (bicyclic) bond motifs is 1. The second kappa shape index (κ2) is 9.43. The van der Waals surface area contributed by atoms with Gasteiger partial charge in [0.1, 0.15) is 0 Å². The van der Waals surface area contributed by atoms with Crippen LogP contribution in [0.1, 0.15) is 27.9 Å². The van der Waals surface area contributed by atoms with Gasteiger partial charge < -0.3 is 4.74 Å². The molecule has 0 atom stereocenters. The van der Waals surface area contributed by atoms with E-state index in [4.69, 9.17) is 21.3 Å². The van der Waals surface area contributed by atoms with Crippen molar-refractivity contribution in [3.63, 3.8) is 0 Å². The van der Waals surface area contributed by atoms with Gasteiger partial charge in [-0.3, -0.25) is 14.6 Å². The average molecular weight is 444 g/mol. The summed E-state index contributed by atoms with van der Waals surface area (Å²) in [6, 6.07) is 11.4. The highest BCUT2D eigenvalue weighted by Crippen LogP contribution is 2.33. The minimum Gasteiger partial charge on any atom is -0.379 e. The predicted molar refractivity (Wildman–Crippen MR) is 124 cm³/mol. The Morgan fingerprint density at radius 2 is 2.03 bits per heavy atom. The summed E-state index contributed by atoms with van der Waals surface area (Å²) in [5.74, 6) is -0.0621. The molecule has 1 aliphatic rings. The Bertz CT molecular complexity index is 1050. The number of hydrogen-bond donors (Lipinski definition) is 0. The quantitative estimate of drug-likeness (QED) is 0.541. The molecule has 1 aliphatic heterocycles. The zero-order chi connectivity index (χ0) is 21.1. The number of aryl methyl sites for hydroxylation is 2. The Kier molecular flexibility index (Phi) is 6.68. The van der Waals surface area contributed by atoms with E-state index < -0.39 is 0 Å². The van der Waals surface area contributed by atoms with E-state index in [1.54, 1.807) is 23.5 Å². The van der Waals surface area contributed by atoms with Gasteiger partial charge in [-0.05, 0) is 55.7 Å². The molecule has 158 valence electrons. The molecule has 0 bridgehead atoms. The lowest BCUT2D eigenvalue weighted by Crippen LogP contribution is -2.39. The SMILES string of the molecule is Cc1cc(C)c2sc(N(CCCN3CCOCC3)C(=O)c3cccc(Cl)c3)nc2c1. The van der Waals surface area contributed by atoms with Gasteiger partial charge in [0.25, 0.3) is 5.91 Å². The number of amides is 1. The summed E-state index contributed by atoms with van der Waals surface area (Å²) in [6.07, 6.45) is 0.875. The summed E-state index contributed by atoms with van der Waals surface area (Å²) >= 11 is 7.73. The van der Waals surface area contributed by atoms with E-state index in [2.05, 4.69) is 30.9 Å². The Hall–Kier alpha value is -1.99. The minimum absolute atomic E-state index is 0.0621. The zero-order valence-electron chi connectivity index (χ0n) is 17.4. The number of hydrogen-bond acceptors (Lipinski definition) is 5. The molecule has 5 nitrogen and oxygen atoms in total. The van der Waals surface area contributed by atoms with Crippen LogP contribution in [0.3, 0.4) is 0 Å². The van der Waals surface area contributed by atoms with E-state index in [9.17, 15) is 4.79 Å². The molecule has 4 rings (SSSR count). The van der Waals surface area contributed by atoms with Crippen LogP contribution in [-0.4, -0.2) is 55.2 Å².